The summed E-state index contributed by atoms with van der Waals surface area (Å²) < 4.78 is 11.8. The second-order valence-electron chi connectivity index (χ2n) is 10.6. The normalized spacial score (nSPS) is 15.3. The van der Waals surface area contributed by atoms with E-state index in [0.29, 0.717) is 76.3 Å². The van der Waals surface area contributed by atoms with E-state index in [4.69, 9.17) is 9.47 Å². The Labute approximate surface area is 266 Å². The zero-order valence-electron chi connectivity index (χ0n) is 24.4. The van der Waals surface area contributed by atoms with Gasteiger partial charge in [0.05, 0.1) is 6.61 Å². The summed E-state index contributed by atoms with van der Waals surface area (Å²) in [6.45, 7) is 3.92. The van der Waals surface area contributed by atoms with E-state index >= 15 is 0 Å². The van der Waals surface area contributed by atoms with Gasteiger partial charge in [-0.2, -0.15) is 0 Å². The predicted octanol–water partition coefficient (Wildman–Crippen LogP) is 5.43. The van der Waals surface area contributed by atoms with Crippen molar-refractivity contribution in [2.45, 2.75) is 82.8 Å². The first-order valence-corrected chi connectivity index (χ1v) is 15.9. The molecule has 1 aliphatic heterocycles. The number of ketones is 2. The molecule has 1 aliphatic rings. The molecular formula is C33H39IN2O7. The Morgan fingerprint density at radius 2 is 1.86 bits per heavy atom. The molecule has 1 unspecified atom stereocenters. The highest BCUT2D eigenvalue weighted by molar-refractivity contribution is 14.1. The van der Waals surface area contributed by atoms with Gasteiger partial charge in [0.1, 0.15) is 17.9 Å². The summed E-state index contributed by atoms with van der Waals surface area (Å²) in [6.07, 6.45) is 10.2. The van der Waals surface area contributed by atoms with Gasteiger partial charge in [0.25, 0.3) is 5.91 Å². The van der Waals surface area contributed by atoms with E-state index in [1.165, 1.54) is 4.90 Å². The Kier molecular flexibility index (Phi) is 14.5. The lowest BCUT2D eigenvalue weighted by atomic mass is 9.99. The first-order chi connectivity index (χ1) is 20.8. The number of piperidine rings is 1. The number of hydrogen-bond donors (Lipinski definition) is 0. The van der Waals surface area contributed by atoms with Gasteiger partial charge in [0, 0.05) is 47.0 Å². The van der Waals surface area contributed by atoms with E-state index in [0.717, 1.165) is 21.6 Å². The fourth-order valence-corrected chi connectivity index (χ4v) is 5.53. The number of benzene rings is 1. The van der Waals surface area contributed by atoms with Gasteiger partial charge < -0.3 is 14.4 Å². The number of esters is 2. The minimum absolute atomic E-state index is 0.102. The maximum absolute atomic E-state index is 13.5. The van der Waals surface area contributed by atoms with Crippen molar-refractivity contribution >= 4 is 52.0 Å². The van der Waals surface area contributed by atoms with Crippen LogP contribution in [0.5, 0.6) is 0 Å². The number of ether oxygens (including phenoxy) is 2. The van der Waals surface area contributed by atoms with Crippen molar-refractivity contribution in [2.75, 3.05) is 13.2 Å². The van der Waals surface area contributed by atoms with Gasteiger partial charge >= 0.3 is 11.9 Å². The molecule has 43 heavy (non-hydrogen) atoms. The summed E-state index contributed by atoms with van der Waals surface area (Å²) in [5.41, 5.74) is 1.31. The summed E-state index contributed by atoms with van der Waals surface area (Å²) >= 11 is 2.09. The summed E-state index contributed by atoms with van der Waals surface area (Å²) in [5.74, 6) is -2.22. The third-order valence-electron chi connectivity index (χ3n) is 7.32. The average Bonchev–Trinajstić information content (AvgIpc) is 3.02. The van der Waals surface area contributed by atoms with E-state index in [1.807, 2.05) is 18.2 Å². The van der Waals surface area contributed by atoms with Crippen molar-refractivity contribution in [3.05, 3.63) is 76.1 Å². The van der Waals surface area contributed by atoms with Gasteiger partial charge in [-0.1, -0.05) is 24.8 Å². The fraction of sp³-hybridized carbons (Fsp3) is 0.455. The molecule has 0 spiro atoms. The van der Waals surface area contributed by atoms with E-state index in [9.17, 15) is 24.0 Å². The van der Waals surface area contributed by atoms with Crippen molar-refractivity contribution in [3.63, 3.8) is 0 Å². The van der Waals surface area contributed by atoms with Gasteiger partial charge in [0.15, 0.2) is 0 Å². The number of hydrogen-bond acceptors (Lipinski definition) is 8. The van der Waals surface area contributed by atoms with Crippen LogP contribution in [0.3, 0.4) is 0 Å². The summed E-state index contributed by atoms with van der Waals surface area (Å²) in [6, 6.07) is 9.81. The topological polar surface area (TPSA) is 120 Å². The number of unbranched alkanes of at least 4 members (excludes halogenated alkanes) is 1. The number of carbonyl (C=O) groups excluding carboxylic acids is 5. The van der Waals surface area contributed by atoms with Crippen molar-refractivity contribution in [2.24, 2.45) is 0 Å². The van der Waals surface area contributed by atoms with Crippen LogP contribution in [0.2, 0.25) is 0 Å². The second-order valence-corrected chi connectivity index (χ2v) is 11.8. The molecule has 1 fully saturated rings. The number of Topliss-reactive ketones (excluding diaryl/α,β-unsaturated/α-hetero) is 2. The average molecular weight is 703 g/mol. The van der Waals surface area contributed by atoms with Gasteiger partial charge in [0.2, 0.25) is 5.78 Å². The number of amides is 1. The van der Waals surface area contributed by atoms with Crippen LogP contribution in [-0.2, 0) is 35.1 Å². The molecule has 1 aromatic carbocycles. The molecule has 0 aliphatic carbocycles. The Balaban J connectivity index is 1.58. The monoisotopic (exact) mass is 702 g/mol. The van der Waals surface area contributed by atoms with E-state index in [1.54, 1.807) is 30.6 Å². The Morgan fingerprint density at radius 3 is 2.60 bits per heavy atom. The minimum atomic E-state index is -0.828. The van der Waals surface area contributed by atoms with Crippen molar-refractivity contribution in [1.82, 2.24) is 9.88 Å². The Hall–Kier alpha value is -3.41. The maximum Gasteiger partial charge on any atom is 0.330 e. The molecule has 0 bridgehead atoms. The van der Waals surface area contributed by atoms with Crippen LogP contribution < -0.4 is 0 Å². The lowest BCUT2D eigenvalue weighted by Crippen LogP contribution is -2.51. The molecule has 2 aromatic rings. The predicted molar refractivity (Wildman–Crippen MR) is 169 cm³/mol. The lowest BCUT2D eigenvalue weighted by molar-refractivity contribution is -0.160. The van der Waals surface area contributed by atoms with Gasteiger partial charge in [-0.3, -0.25) is 19.4 Å². The van der Waals surface area contributed by atoms with Crippen molar-refractivity contribution in [1.29, 1.82) is 0 Å². The van der Waals surface area contributed by atoms with Crippen LogP contribution in [0.4, 0.5) is 0 Å². The number of carbonyl (C=O) groups is 5. The van der Waals surface area contributed by atoms with Crippen LogP contribution in [0.15, 0.2) is 61.4 Å². The largest absolute Gasteiger partial charge is 0.463 e. The number of aromatic nitrogens is 1. The summed E-state index contributed by atoms with van der Waals surface area (Å²) in [4.78, 5) is 68.8. The number of pyridine rings is 1. The van der Waals surface area contributed by atoms with Crippen LogP contribution in [0.1, 0.15) is 80.1 Å². The van der Waals surface area contributed by atoms with E-state index < -0.39 is 35.8 Å². The third-order valence-corrected chi connectivity index (χ3v) is 7.99. The van der Waals surface area contributed by atoms with E-state index in [2.05, 4.69) is 34.2 Å². The lowest BCUT2D eigenvalue weighted by Gasteiger charge is -2.34. The fourth-order valence-electron chi connectivity index (χ4n) is 4.99. The molecule has 2 atom stereocenters. The summed E-state index contributed by atoms with van der Waals surface area (Å²) in [7, 11) is 0. The smallest absolute Gasteiger partial charge is 0.330 e. The number of nitrogens with zero attached hydrogens (tertiary/aromatic N) is 2. The number of rotatable bonds is 17. The molecule has 1 saturated heterocycles. The highest BCUT2D eigenvalue weighted by Crippen LogP contribution is 2.23. The number of aryl methyl sites for hydroxylation is 1. The van der Waals surface area contributed by atoms with Crippen LogP contribution in [-0.4, -0.2) is 64.6 Å². The number of likely N-dealkylation sites (tertiary alicyclic amines) is 1. The zero-order valence-corrected chi connectivity index (χ0v) is 26.5. The molecule has 0 radical (unpaired) electrons. The van der Waals surface area contributed by atoms with Crippen LogP contribution >= 0.6 is 22.6 Å². The first-order valence-electron chi connectivity index (χ1n) is 14.8. The molecule has 1 aromatic heterocycles. The van der Waals surface area contributed by atoms with Crippen molar-refractivity contribution < 1.29 is 33.4 Å². The SMILES string of the molecule is C=CC(=O)OCCCCC(=O)CCCC(CCc1cccnc1)OC(=O)[C@@H]1CCCCN1C(=O)C(=O)c1cccc(I)c1. The third kappa shape index (κ3) is 11.7. The highest BCUT2D eigenvalue weighted by atomic mass is 127. The molecule has 2 heterocycles. The molecule has 10 heteroatoms. The molecule has 230 valence electrons. The standard InChI is InChI=1S/C33H39IN2O7/c1-2-30(38)42-21-6-4-13-27(37)14-8-15-28(18-17-24-10-9-19-35-23-24)43-33(41)29-16-3-5-20-36(29)32(40)31(39)25-11-7-12-26(34)22-25/h2,7,9-12,19,22-23,28-29H,1,3-6,8,13-18,20-21H2/t28?,29-/m0/s1. The minimum Gasteiger partial charge on any atom is -0.463 e. The highest BCUT2D eigenvalue weighted by Gasteiger charge is 2.37. The molecule has 0 N–H and O–H groups in total. The second kappa shape index (κ2) is 18.3. The van der Waals surface area contributed by atoms with Gasteiger partial charge in [-0.25, -0.2) is 9.59 Å². The van der Waals surface area contributed by atoms with Crippen molar-refractivity contribution in [3.8, 4) is 0 Å². The Morgan fingerprint density at radius 1 is 1.05 bits per heavy atom. The first kappa shape index (κ1) is 34.1. The molecule has 0 saturated carbocycles. The van der Waals surface area contributed by atoms with Gasteiger partial charge in [-0.15, -0.1) is 0 Å². The molecule has 9 nitrogen and oxygen atoms in total. The Bertz CT molecular complexity index is 1270. The van der Waals surface area contributed by atoms with Crippen LogP contribution in [0, 0.1) is 3.57 Å². The zero-order chi connectivity index (χ0) is 31.0. The molecular weight excluding hydrogens is 663 g/mol. The molecule has 1 amide bonds. The summed E-state index contributed by atoms with van der Waals surface area (Å²) in [5, 5.41) is 0. The van der Waals surface area contributed by atoms with Gasteiger partial charge in [-0.05, 0) is 104 Å². The number of halogens is 1. The molecule has 3 rings (SSSR count). The van der Waals surface area contributed by atoms with Crippen LogP contribution in [0.25, 0.3) is 0 Å². The quantitative estimate of drug-likeness (QED) is 0.0535. The van der Waals surface area contributed by atoms with E-state index in [-0.39, 0.29) is 12.4 Å². The maximum atomic E-state index is 13.5.